The average molecular weight is 331 g/mol. The number of carbonyl (C=O) groups is 1. The first-order chi connectivity index (χ1) is 11.2. The van der Waals surface area contributed by atoms with Gasteiger partial charge < -0.3 is 14.4 Å². The van der Waals surface area contributed by atoms with E-state index in [1.807, 2.05) is 26.8 Å². The SMILES string of the molecule is C=CCC1(C(=O)OC(C)(C)C)COCN(c2c(C)cccc2C)C1. The Bertz CT molecular complexity index is 598. The molecule has 1 unspecified atom stereocenters. The van der Waals surface area contributed by atoms with Gasteiger partial charge in [-0.2, -0.15) is 0 Å². The number of hydrogen-bond donors (Lipinski definition) is 0. The molecule has 0 bridgehead atoms. The molecule has 0 N–H and O–H groups in total. The summed E-state index contributed by atoms with van der Waals surface area (Å²) >= 11 is 0. The fraction of sp³-hybridized carbons (Fsp3) is 0.550. The van der Waals surface area contributed by atoms with E-state index in [9.17, 15) is 4.79 Å². The van der Waals surface area contributed by atoms with Crippen LogP contribution in [0.5, 0.6) is 0 Å². The molecule has 0 spiro atoms. The van der Waals surface area contributed by atoms with Crippen LogP contribution in [0.1, 0.15) is 38.3 Å². The van der Waals surface area contributed by atoms with Crippen molar-refractivity contribution in [3.63, 3.8) is 0 Å². The van der Waals surface area contributed by atoms with Crippen LogP contribution in [0.15, 0.2) is 30.9 Å². The largest absolute Gasteiger partial charge is 0.459 e. The van der Waals surface area contributed by atoms with Crippen molar-refractivity contribution in [2.24, 2.45) is 5.41 Å². The molecule has 0 aliphatic carbocycles. The third kappa shape index (κ3) is 3.99. The van der Waals surface area contributed by atoms with Crippen LogP contribution >= 0.6 is 0 Å². The maximum atomic E-state index is 12.9. The molecule has 0 saturated carbocycles. The van der Waals surface area contributed by atoms with Crippen molar-refractivity contribution in [3.8, 4) is 0 Å². The second-order valence-electron chi connectivity index (χ2n) is 7.69. The second kappa shape index (κ2) is 6.98. The quantitative estimate of drug-likeness (QED) is 0.617. The van der Waals surface area contributed by atoms with Crippen molar-refractivity contribution < 1.29 is 14.3 Å². The zero-order chi connectivity index (χ0) is 18.0. The van der Waals surface area contributed by atoms with E-state index >= 15 is 0 Å². The maximum Gasteiger partial charge on any atom is 0.317 e. The van der Waals surface area contributed by atoms with Gasteiger partial charge in [0.2, 0.25) is 0 Å². The van der Waals surface area contributed by atoms with Gasteiger partial charge >= 0.3 is 5.97 Å². The highest BCUT2D eigenvalue weighted by atomic mass is 16.6. The van der Waals surface area contributed by atoms with E-state index < -0.39 is 11.0 Å². The van der Waals surface area contributed by atoms with Gasteiger partial charge in [0, 0.05) is 12.2 Å². The van der Waals surface area contributed by atoms with Crippen molar-refractivity contribution in [2.75, 3.05) is 24.8 Å². The molecule has 1 aliphatic heterocycles. The number of esters is 1. The highest BCUT2D eigenvalue weighted by molar-refractivity contribution is 5.79. The molecule has 1 saturated heterocycles. The van der Waals surface area contributed by atoms with Crippen molar-refractivity contribution in [1.29, 1.82) is 0 Å². The Balaban J connectivity index is 2.33. The zero-order valence-electron chi connectivity index (χ0n) is 15.5. The van der Waals surface area contributed by atoms with Crippen molar-refractivity contribution >= 4 is 11.7 Å². The zero-order valence-corrected chi connectivity index (χ0v) is 15.5. The van der Waals surface area contributed by atoms with E-state index in [4.69, 9.17) is 9.47 Å². The molecule has 1 aromatic rings. The van der Waals surface area contributed by atoms with Crippen molar-refractivity contribution in [3.05, 3.63) is 42.0 Å². The van der Waals surface area contributed by atoms with Crippen molar-refractivity contribution in [2.45, 2.75) is 46.6 Å². The van der Waals surface area contributed by atoms with Crippen LogP contribution in [0.25, 0.3) is 0 Å². The summed E-state index contributed by atoms with van der Waals surface area (Å²) in [6.07, 6.45) is 2.31. The number of benzene rings is 1. The van der Waals surface area contributed by atoms with Gasteiger partial charge in [0.05, 0.1) is 6.61 Å². The number of para-hydroxylation sites is 1. The summed E-state index contributed by atoms with van der Waals surface area (Å²) in [5.41, 5.74) is 2.25. The highest BCUT2D eigenvalue weighted by Gasteiger charge is 2.45. The first kappa shape index (κ1) is 18.5. The van der Waals surface area contributed by atoms with Crippen LogP contribution in [0.2, 0.25) is 0 Å². The molecule has 0 amide bonds. The first-order valence-corrected chi connectivity index (χ1v) is 8.42. The summed E-state index contributed by atoms with van der Waals surface area (Å²) in [7, 11) is 0. The third-order valence-corrected chi connectivity index (χ3v) is 4.24. The van der Waals surface area contributed by atoms with E-state index in [1.165, 1.54) is 11.1 Å². The summed E-state index contributed by atoms with van der Waals surface area (Å²) in [5.74, 6) is -0.217. The molecule has 24 heavy (non-hydrogen) atoms. The molecule has 1 aliphatic rings. The van der Waals surface area contributed by atoms with E-state index in [-0.39, 0.29) is 5.97 Å². The lowest BCUT2D eigenvalue weighted by Gasteiger charge is -2.43. The van der Waals surface area contributed by atoms with E-state index in [0.717, 1.165) is 5.69 Å². The Morgan fingerprint density at radius 2 is 2.00 bits per heavy atom. The van der Waals surface area contributed by atoms with Gasteiger partial charge in [-0.3, -0.25) is 4.79 Å². The van der Waals surface area contributed by atoms with Crippen LogP contribution in [0, 0.1) is 19.3 Å². The molecular weight excluding hydrogens is 302 g/mol. The van der Waals surface area contributed by atoms with Crippen LogP contribution in [-0.2, 0) is 14.3 Å². The fourth-order valence-corrected chi connectivity index (χ4v) is 3.25. The molecule has 1 fully saturated rings. The number of nitrogens with zero attached hydrogens (tertiary/aromatic N) is 1. The number of ether oxygens (including phenoxy) is 2. The second-order valence-corrected chi connectivity index (χ2v) is 7.69. The summed E-state index contributed by atoms with van der Waals surface area (Å²) in [6.45, 7) is 15.1. The topological polar surface area (TPSA) is 38.8 Å². The van der Waals surface area contributed by atoms with Crippen LogP contribution < -0.4 is 4.90 Å². The lowest BCUT2D eigenvalue weighted by molar-refractivity contribution is -0.173. The molecule has 2 rings (SSSR count). The smallest absolute Gasteiger partial charge is 0.317 e. The van der Waals surface area contributed by atoms with Gasteiger partial charge in [-0.15, -0.1) is 6.58 Å². The van der Waals surface area contributed by atoms with Gasteiger partial charge in [0.15, 0.2) is 0 Å². The van der Waals surface area contributed by atoms with Crippen LogP contribution in [0.3, 0.4) is 0 Å². The molecule has 1 atom stereocenters. The maximum absolute atomic E-state index is 12.9. The minimum Gasteiger partial charge on any atom is -0.459 e. The first-order valence-electron chi connectivity index (χ1n) is 8.42. The minimum absolute atomic E-state index is 0.217. The summed E-state index contributed by atoms with van der Waals surface area (Å²) in [6, 6.07) is 6.21. The highest BCUT2D eigenvalue weighted by Crippen LogP contribution is 2.36. The van der Waals surface area contributed by atoms with Crippen LogP contribution in [-0.4, -0.2) is 31.5 Å². The third-order valence-electron chi connectivity index (χ3n) is 4.24. The lowest BCUT2D eigenvalue weighted by atomic mass is 9.83. The molecule has 4 heteroatoms. The van der Waals surface area contributed by atoms with Crippen molar-refractivity contribution in [1.82, 2.24) is 0 Å². The molecule has 1 heterocycles. The van der Waals surface area contributed by atoms with E-state index in [2.05, 4.69) is 37.5 Å². The van der Waals surface area contributed by atoms with E-state index in [0.29, 0.717) is 26.3 Å². The minimum atomic E-state index is -0.720. The summed E-state index contributed by atoms with van der Waals surface area (Å²) in [5, 5.41) is 0. The van der Waals surface area contributed by atoms with Gasteiger partial charge in [0.1, 0.15) is 17.7 Å². The molecule has 132 valence electrons. The predicted octanol–water partition coefficient (Wildman–Crippen LogP) is 4.00. The molecule has 0 aromatic heterocycles. The summed E-state index contributed by atoms with van der Waals surface area (Å²) in [4.78, 5) is 15.0. The van der Waals surface area contributed by atoms with Gasteiger partial charge in [0.25, 0.3) is 0 Å². The Labute approximate surface area is 145 Å². The van der Waals surface area contributed by atoms with Gasteiger partial charge in [-0.25, -0.2) is 0 Å². The number of aryl methyl sites for hydroxylation is 2. The standard InChI is InChI=1S/C20H29NO3/c1-7-11-20(18(22)24-19(4,5)6)12-21(14-23-13-20)17-15(2)9-8-10-16(17)3/h7-10H,1,11-14H2,2-6H3. The Morgan fingerprint density at radius 3 is 2.54 bits per heavy atom. The molecular formula is C20H29NO3. The number of rotatable bonds is 4. The Morgan fingerprint density at radius 1 is 1.38 bits per heavy atom. The number of hydrogen-bond acceptors (Lipinski definition) is 4. The van der Waals surface area contributed by atoms with Crippen LogP contribution in [0.4, 0.5) is 5.69 Å². The lowest BCUT2D eigenvalue weighted by Crippen LogP contribution is -2.53. The molecule has 4 nitrogen and oxygen atoms in total. The van der Waals surface area contributed by atoms with Gasteiger partial charge in [-0.05, 0) is 52.2 Å². The number of allylic oxidation sites excluding steroid dienone is 1. The predicted molar refractivity (Wildman–Crippen MR) is 97.2 cm³/mol. The Hall–Kier alpha value is -1.81. The van der Waals surface area contributed by atoms with E-state index in [1.54, 1.807) is 6.08 Å². The molecule has 0 radical (unpaired) electrons. The monoisotopic (exact) mass is 331 g/mol. The van der Waals surface area contributed by atoms with Gasteiger partial charge in [-0.1, -0.05) is 24.3 Å². The summed E-state index contributed by atoms with van der Waals surface area (Å²) < 4.78 is 11.5. The fourth-order valence-electron chi connectivity index (χ4n) is 3.25. The normalized spacial score (nSPS) is 21.5. The average Bonchev–Trinajstić information content (AvgIpc) is 2.46. The number of carbonyl (C=O) groups excluding carboxylic acids is 1. The Kier molecular flexibility index (Phi) is 5.38. The molecule has 1 aromatic carbocycles. The number of anilines is 1.